The van der Waals surface area contributed by atoms with Crippen LogP contribution in [0.5, 0.6) is 5.75 Å². The van der Waals surface area contributed by atoms with E-state index in [4.69, 9.17) is 9.47 Å². The molecule has 2 aromatic rings. The van der Waals surface area contributed by atoms with Crippen LogP contribution in [0.1, 0.15) is 28.8 Å². The van der Waals surface area contributed by atoms with Crippen LogP contribution in [-0.4, -0.2) is 59.6 Å². The van der Waals surface area contributed by atoms with Crippen molar-refractivity contribution in [3.63, 3.8) is 0 Å². The van der Waals surface area contributed by atoms with Crippen LogP contribution in [-0.2, 0) is 20.2 Å². The average molecular weight is 433 g/mol. The van der Waals surface area contributed by atoms with Gasteiger partial charge in [0.25, 0.3) is 5.91 Å². The molecule has 0 saturated carbocycles. The van der Waals surface area contributed by atoms with Gasteiger partial charge in [0.2, 0.25) is 10.0 Å². The molecule has 0 spiro atoms. The number of ether oxygens (including phenoxy) is 2. The minimum atomic E-state index is -3.52. The van der Waals surface area contributed by atoms with Gasteiger partial charge in [-0.2, -0.15) is 0 Å². The second-order valence-electron chi connectivity index (χ2n) is 7.62. The zero-order valence-electron chi connectivity index (χ0n) is 17.6. The van der Waals surface area contributed by atoms with Gasteiger partial charge in [0.05, 0.1) is 12.0 Å². The van der Waals surface area contributed by atoms with Gasteiger partial charge in [-0.25, -0.2) is 12.7 Å². The van der Waals surface area contributed by atoms with Crippen LogP contribution in [0.3, 0.4) is 0 Å². The predicted octanol–water partition coefficient (Wildman–Crippen LogP) is 2.42. The second-order valence-corrected chi connectivity index (χ2v) is 9.77. The first-order valence-corrected chi connectivity index (χ1v) is 11.3. The maximum absolute atomic E-state index is 12.7. The third kappa shape index (κ3) is 4.66. The predicted molar refractivity (Wildman–Crippen MR) is 114 cm³/mol. The van der Waals surface area contributed by atoms with Crippen molar-refractivity contribution in [1.29, 1.82) is 0 Å². The van der Waals surface area contributed by atoms with Crippen molar-refractivity contribution >= 4 is 15.9 Å². The van der Waals surface area contributed by atoms with E-state index in [1.54, 1.807) is 7.11 Å². The molecule has 0 bridgehead atoms. The number of nitrogens with one attached hydrogen (secondary N) is 1. The molecule has 7 nitrogen and oxygen atoms in total. The highest BCUT2D eigenvalue weighted by Gasteiger charge is 2.35. The van der Waals surface area contributed by atoms with Gasteiger partial charge >= 0.3 is 0 Å². The molecule has 162 valence electrons. The molecule has 30 heavy (non-hydrogen) atoms. The average Bonchev–Trinajstić information content (AvgIpc) is 2.78. The number of hydrogen-bond donors (Lipinski definition) is 1. The Balaban J connectivity index is 1.74. The molecule has 0 aliphatic carbocycles. The lowest BCUT2D eigenvalue weighted by Crippen LogP contribution is -2.44. The summed E-state index contributed by atoms with van der Waals surface area (Å²) < 4.78 is 36.3. The summed E-state index contributed by atoms with van der Waals surface area (Å²) in [5.41, 5.74) is 1.35. The summed E-state index contributed by atoms with van der Waals surface area (Å²) in [7, 11) is 1.06. The minimum Gasteiger partial charge on any atom is -0.497 e. The Bertz CT molecular complexity index is 964. The molecule has 1 N–H and O–H groups in total. The minimum absolute atomic E-state index is 0.156. The Morgan fingerprint density at radius 2 is 1.67 bits per heavy atom. The highest BCUT2D eigenvalue weighted by atomic mass is 32.2. The maximum Gasteiger partial charge on any atom is 0.251 e. The fraction of sp³-hybridized carbons (Fsp3) is 0.409. The smallest absolute Gasteiger partial charge is 0.251 e. The Morgan fingerprint density at radius 1 is 1.07 bits per heavy atom. The van der Waals surface area contributed by atoms with Gasteiger partial charge in [0.15, 0.2) is 0 Å². The zero-order chi connectivity index (χ0) is 21.8. The molecule has 0 atom stereocenters. The van der Waals surface area contributed by atoms with E-state index < -0.39 is 10.0 Å². The van der Waals surface area contributed by atoms with Gasteiger partial charge in [-0.15, -0.1) is 0 Å². The molecule has 0 unspecified atom stereocenters. The number of carbonyl (C=O) groups is 1. The van der Waals surface area contributed by atoms with Crippen LogP contribution in [0.4, 0.5) is 0 Å². The summed E-state index contributed by atoms with van der Waals surface area (Å²) in [4.78, 5) is 12.9. The Morgan fingerprint density at radius 3 is 2.20 bits per heavy atom. The van der Waals surface area contributed by atoms with E-state index in [1.807, 2.05) is 24.3 Å². The molecule has 8 heteroatoms. The summed E-state index contributed by atoms with van der Waals surface area (Å²) in [6, 6.07) is 13.9. The second kappa shape index (κ2) is 9.16. The van der Waals surface area contributed by atoms with E-state index >= 15 is 0 Å². The Labute approximate surface area is 178 Å². The van der Waals surface area contributed by atoms with Gasteiger partial charge in [0, 0.05) is 44.8 Å². The summed E-state index contributed by atoms with van der Waals surface area (Å²) in [6.45, 7) is 1.75. The van der Waals surface area contributed by atoms with E-state index in [9.17, 15) is 13.2 Å². The van der Waals surface area contributed by atoms with E-state index in [1.165, 1.54) is 38.4 Å². The highest BCUT2D eigenvalue weighted by molar-refractivity contribution is 7.89. The van der Waals surface area contributed by atoms with Gasteiger partial charge in [-0.3, -0.25) is 4.79 Å². The summed E-state index contributed by atoms with van der Waals surface area (Å²) >= 11 is 0. The molecular formula is C22H28N2O5S. The monoisotopic (exact) mass is 432 g/mol. The fourth-order valence-electron chi connectivity index (χ4n) is 3.61. The van der Waals surface area contributed by atoms with Crippen LogP contribution in [0.25, 0.3) is 0 Å². The maximum atomic E-state index is 12.7. The molecule has 3 rings (SSSR count). The molecule has 1 aliphatic heterocycles. The summed E-state index contributed by atoms with van der Waals surface area (Å²) in [6.07, 6.45) is 1.61. The van der Waals surface area contributed by atoms with Crippen LogP contribution < -0.4 is 10.1 Å². The third-order valence-electron chi connectivity index (χ3n) is 5.63. The van der Waals surface area contributed by atoms with Crippen molar-refractivity contribution in [3.05, 3.63) is 59.7 Å². The van der Waals surface area contributed by atoms with E-state index in [0.717, 1.165) is 28.5 Å². The SMILES string of the molecule is COc1ccc(C2(CNC(=O)c3ccc(S(=O)(=O)N(C)C)cc3)CCOCC2)cc1. The number of rotatable bonds is 7. The molecular weight excluding hydrogens is 404 g/mol. The lowest BCUT2D eigenvalue weighted by molar-refractivity contribution is 0.0487. The number of nitrogens with zero attached hydrogens (tertiary/aromatic N) is 1. The molecule has 1 aliphatic rings. The van der Waals surface area contributed by atoms with Gasteiger partial charge in [-0.1, -0.05) is 12.1 Å². The normalized spacial score (nSPS) is 16.3. The Kier molecular flexibility index (Phi) is 6.80. The first-order chi connectivity index (χ1) is 14.3. The van der Waals surface area contributed by atoms with Crippen molar-refractivity contribution in [3.8, 4) is 5.75 Å². The third-order valence-corrected chi connectivity index (χ3v) is 7.46. The van der Waals surface area contributed by atoms with Crippen molar-refractivity contribution < 1.29 is 22.7 Å². The molecule has 1 heterocycles. The largest absolute Gasteiger partial charge is 0.497 e. The van der Waals surface area contributed by atoms with Crippen molar-refractivity contribution in [1.82, 2.24) is 9.62 Å². The topological polar surface area (TPSA) is 84.9 Å². The fourth-order valence-corrected chi connectivity index (χ4v) is 4.52. The van der Waals surface area contributed by atoms with Crippen molar-refractivity contribution in [2.24, 2.45) is 0 Å². The molecule has 0 radical (unpaired) electrons. The number of amides is 1. The van der Waals surface area contributed by atoms with Gasteiger partial charge < -0.3 is 14.8 Å². The number of carbonyl (C=O) groups excluding carboxylic acids is 1. The lowest BCUT2D eigenvalue weighted by Gasteiger charge is -2.38. The number of sulfonamides is 1. The number of benzene rings is 2. The van der Waals surface area contributed by atoms with Crippen molar-refractivity contribution in [2.45, 2.75) is 23.2 Å². The molecule has 1 amide bonds. The van der Waals surface area contributed by atoms with E-state index in [-0.39, 0.29) is 16.2 Å². The molecule has 2 aromatic carbocycles. The van der Waals surface area contributed by atoms with Gasteiger partial charge in [0.1, 0.15) is 5.75 Å². The lowest BCUT2D eigenvalue weighted by atomic mass is 9.74. The first-order valence-electron chi connectivity index (χ1n) is 9.82. The number of hydrogen-bond acceptors (Lipinski definition) is 5. The Hall–Kier alpha value is -2.42. The molecule has 1 fully saturated rings. The van der Waals surface area contributed by atoms with Crippen LogP contribution >= 0.6 is 0 Å². The van der Waals surface area contributed by atoms with Crippen molar-refractivity contribution in [2.75, 3.05) is 41.0 Å². The quantitative estimate of drug-likeness (QED) is 0.726. The van der Waals surface area contributed by atoms with Crippen LogP contribution in [0, 0.1) is 0 Å². The van der Waals surface area contributed by atoms with Gasteiger partial charge in [-0.05, 0) is 54.8 Å². The highest BCUT2D eigenvalue weighted by Crippen LogP contribution is 2.35. The van der Waals surface area contributed by atoms with Crippen LogP contribution in [0.15, 0.2) is 53.4 Å². The van der Waals surface area contributed by atoms with Crippen LogP contribution in [0.2, 0.25) is 0 Å². The van der Waals surface area contributed by atoms with E-state index in [2.05, 4.69) is 5.32 Å². The summed E-state index contributed by atoms with van der Waals surface area (Å²) in [5.74, 6) is 0.556. The standard InChI is InChI=1S/C22H28N2O5S/c1-24(2)30(26,27)20-10-4-17(5-11-20)21(25)23-16-22(12-14-29-15-13-22)18-6-8-19(28-3)9-7-18/h4-11H,12-16H2,1-3H3,(H,23,25). The zero-order valence-corrected chi connectivity index (χ0v) is 18.4. The molecule has 0 aromatic heterocycles. The number of methoxy groups -OCH3 is 1. The van der Waals surface area contributed by atoms with E-state index in [0.29, 0.717) is 25.3 Å². The first kappa shape index (κ1) is 22.3. The molecule has 1 saturated heterocycles. The summed E-state index contributed by atoms with van der Waals surface area (Å²) in [5, 5.41) is 3.03.